The molecule has 2 aromatic heterocycles. The van der Waals surface area contributed by atoms with Gasteiger partial charge in [0, 0.05) is 26.5 Å². The third-order valence-electron chi connectivity index (χ3n) is 10.9. The molecule has 0 saturated heterocycles. The summed E-state index contributed by atoms with van der Waals surface area (Å²) in [5.41, 5.74) is 11.0. The van der Waals surface area contributed by atoms with Crippen molar-refractivity contribution in [2.75, 3.05) is 6.16 Å². The van der Waals surface area contributed by atoms with Crippen molar-refractivity contribution in [1.82, 2.24) is 9.97 Å². The average molecular weight is 611 g/mol. The Morgan fingerprint density at radius 2 is 1.20 bits per heavy atom. The molecule has 4 aliphatic carbocycles. The summed E-state index contributed by atoms with van der Waals surface area (Å²) >= 11 is 0. The first-order valence-corrected chi connectivity index (χ1v) is 18.6. The summed E-state index contributed by atoms with van der Waals surface area (Å²) < 4.78 is 0. The van der Waals surface area contributed by atoms with E-state index in [4.69, 9.17) is 9.97 Å². The zero-order chi connectivity index (χ0) is 29.5. The quantitative estimate of drug-likeness (QED) is 0.164. The fourth-order valence-corrected chi connectivity index (χ4v) is 12.4. The Labute approximate surface area is 265 Å². The minimum Gasteiger partial charge on any atom is -0.256 e. The highest BCUT2D eigenvalue weighted by Gasteiger charge is 2.57. The Balaban J connectivity index is 1.38. The van der Waals surface area contributed by atoms with Gasteiger partial charge in [-0.15, -0.1) is 9.24 Å². The Morgan fingerprint density at radius 3 is 1.73 bits per heavy atom. The van der Waals surface area contributed by atoms with Crippen molar-refractivity contribution >= 4 is 28.0 Å². The van der Waals surface area contributed by atoms with Crippen LogP contribution in [0.4, 0.5) is 0 Å². The molecule has 4 unspecified atom stereocenters. The van der Waals surface area contributed by atoms with Gasteiger partial charge < -0.3 is 0 Å². The molecule has 0 amide bonds. The van der Waals surface area contributed by atoms with Gasteiger partial charge in [0.15, 0.2) is 0 Å². The molecule has 4 atom stereocenters. The normalized spacial score (nSPS) is 25.4. The summed E-state index contributed by atoms with van der Waals surface area (Å²) in [5.74, 6) is 3.32. The van der Waals surface area contributed by atoms with Crippen LogP contribution in [0, 0.1) is 23.7 Å². The number of benzene rings is 3. The fourth-order valence-electron chi connectivity index (χ4n) is 9.41. The Kier molecular flexibility index (Phi) is 7.70. The van der Waals surface area contributed by atoms with E-state index in [9.17, 15) is 0 Å². The fraction of sp³-hybridized carbons (Fsp3) is 0.300. The van der Waals surface area contributed by atoms with Crippen molar-refractivity contribution in [3.05, 3.63) is 133 Å². The largest absolute Gasteiger partial charge is 0.256 e. The van der Waals surface area contributed by atoms with Gasteiger partial charge in [-0.1, -0.05) is 72.8 Å². The first-order valence-electron chi connectivity index (χ1n) is 16.3. The van der Waals surface area contributed by atoms with Crippen LogP contribution in [0.2, 0.25) is 0 Å². The lowest BCUT2D eigenvalue weighted by molar-refractivity contribution is -0.0520. The molecule has 220 valence electrons. The molecule has 0 N–H and O–H groups in total. The van der Waals surface area contributed by atoms with Gasteiger partial charge in [-0.3, -0.25) is 9.97 Å². The highest BCUT2D eigenvalue weighted by atomic mass is 31.1. The van der Waals surface area contributed by atoms with Crippen LogP contribution >= 0.6 is 17.2 Å². The number of nitrogens with zero attached hydrogens (tertiary/aromatic N) is 2. The zero-order valence-electron chi connectivity index (χ0n) is 25.2. The molecular weight excluding hydrogens is 570 g/mol. The second-order valence-electron chi connectivity index (χ2n) is 13.4. The third-order valence-corrected chi connectivity index (χ3v) is 13.7. The second kappa shape index (κ2) is 12.0. The summed E-state index contributed by atoms with van der Waals surface area (Å²) in [6.07, 6.45) is 13.1. The molecule has 4 bridgehead atoms. The van der Waals surface area contributed by atoms with Gasteiger partial charge in [0.05, 0.1) is 10.9 Å². The Morgan fingerprint density at radius 1 is 0.659 bits per heavy atom. The van der Waals surface area contributed by atoms with Crippen molar-refractivity contribution in [3.8, 4) is 22.3 Å². The topological polar surface area (TPSA) is 25.8 Å². The summed E-state index contributed by atoms with van der Waals surface area (Å²) in [5, 5.41) is 0. The van der Waals surface area contributed by atoms with E-state index in [-0.39, 0.29) is 5.41 Å². The molecule has 4 fully saturated rings. The number of rotatable bonds is 8. The number of hydrogen-bond acceptors (Lipinski definition) is 2. The molecule has 4 aliphatic rings. The summed E-state index contributed by atoms with van der Waals surface area (Å²) in [6, 6.07) is 40.2. The van der Waals surface area contributed by atoms with Crippen LogP contribution < -0.4 is 10.9 Å². The van der Waals surface area contributed by atoms with E-state index in [0.29, 0.717) is 0 Å². The number of hydrogen-bond donors (Lipinski definition) is 0. The lowest BCUT2D eigenvalue weighted by atomic mass is 9.43. The molecule has 0 aliphatic heterocycles. The van der Waals surface area contributed by atoms with Gasteiger partial charge in [0.1, 0.15) is 0 Å². The number of pyridine rings is 2. The van der Waals surface area contributed by atoms with Crippen molar-refractivity contribution in [2.24, 2.45) is 23.7 Å². The molecule has 5 aromatic rings. The molecule has 2 nitrogen and oxygen atoms in total. The van der Waals surface area contributed by atoms with Crippen molar-refractivity contribution in [1.29, 1.82) is 0 Å². The molecule has 3 aromatic carbocycles. The van der Waals surface area contributed by atoms with Crippen LogP contribution in [0.3, 0.4) is 0 Å². The van der Waals surface area contributed by atoms with Crippen molar-refractivity contribution in [3.63, 3.8) is 0 Å². The van der Waals surface area contributed by atoms with E-state index in [2.05, 4.69) is 106 Å². The minimum absolute atomic E-state index is 0.236. The maximum Gasteiger partial charge on any atom is 0.0695 e. The van der Waals surface area contributed by atoms with E-state index < -0.39 is 7.92 Å². The third kappa shape index (κ3) is 5.05. The molecule has 4 saturated carbocycles. The molecule has 9 rings (SSSR count). The van der Waals surface area contributed by atoms with Crippen LogP contribution in [0.15, 0.2) is 122 Å². The molecule has 4 heteroatoms. The molecule has 0 spiro atoms. The highest BCUT2D eigenvalue weighted by molar-refractivity contribution is 7.71. The van der Waals surface area contributed by atoms with Gasteiger partial charge in [-0.25, -0.2) is 0 Å². The summed E-state index contributed by atoms with van der Waals surface area (Å²) in [6.45, 7) is 0. The molecule has 44 heavy (non-hydrogen) atoms. The smallest absolute Gasteiger partial charge is 0.0695 e. The lowest BCUT2D eigenvalue weighted by Crippen LogP contribution is -2.56. The molecule has 2 heterocycles. The Bertz CT molecular complexity index is 1670. The standard InChI is InChI=1S/C40H40N2P2/c43-26-37-32-20-28-19-29(21-32)25-40(37,24-28)36-23-35(31-13-5-2-6-14-31)34(30-11-3-1-4-12-30)22-33(36)27-44(38-15-7-9-17-41-38)39-16-8-10-18-42-39/h1-18,22-23,28-29,32,37H,19-21,24-27,43H2. The van der Waals surface area contributed by atoms with Gasteiger partial charge in [0.25, 0.3) is 0 Å². The monoisotopic (exact) mass is 610 g/mol. The van der Waals surface area contributed by atoms with Gasteiger partial charge in [-0.2, -0.15) is 0 Å². The maximum absolute atomic E-state index is 4.94. The first-order chi connectivity index (χ1) is 21.7. The molecular formula is C40H40N2P2. The molecule has 0 radical (unpaired) electrons. The maximum atomic E-state index is 4.94. The van der Waals surface area contributed by atoms with E-state index in [1.54, 1.807) is 5.56 Å². The first kappa shape index (κ1) is 28.3. The van der Waals surface area contributed by atoms with Crippen molar-refractivity contribution < 1.29 is 0 Å². The zero-order valence-corrected chi connectivity index (χ0v) is 27.3. The Hall–Kier alpha value is -3.18. The van der Waals surface area contributed by atoms with E-state index >= 15 is 0 Å². The SMILES string of the molecule is PCC1C2CC3CC(C2)CC1(c1cc(-c2ccccc2)c(-c2ccccc2)cc1CP(c1ccccn1)c1ccccn1)C3. The predicted octanol–water partition coefficient (Wildman–Crippen LogP) is 9.01. The predicted molar refractivity (Wildman–Crippen MR) is 189 cm³/mol. The van der Waals surface area contributed by atoms with E-state index in [1.165, 1.54) is 66.1 Å². The minimum atomic E-state index is -0.776. The van der Waals surface area contributed by atoms with Gasteiger partial charge in [-0.05, 0) is 137 Å². The van der Waals surface area contributed by atoms with Crippen LogP contribution in [0.1, 0.15) is 43.2 Å². The van der Waals surface area contributed by atoms with E-state index in [0.717, 1.165) is 40.7 Å². The van der Waals surface area contributed by atoms with Gasteiger partial charge in [0.2, 0.25) is 0 Å². The van der Waals surface area contributed by atoms with Gasteiger partial charge >= 0.3 is 0 Å². The van der Waals surface area contributed by atoms with Crippen LogP contribution in [0.5, 0.6) is 0 Å². The number of aromatic nitrogens is 2. The second-order valence-corrected chi connectivity index (χ2v) is 15.9. The lowest BCUT2D eigenvalue weighted by Gasteiger charge is -2.62. The van der Waals surface area contributed by atoms with Crippen LogP contribution in [-0.2, 0) is 11.6 Å². The van der Waals surface area contributed by atoms with Crippen molar-refractivity contribution in [2.45, 2.75) is 43.7 Å². The van der Waals surface area contributed by atoms with Crippen LogP contribution in [-0.4, -0.2) is 16.1 Å². The van der Waals surface area contributed by atoms with Crippen LogP contribution in [0.25, 0.3) is 22.3 Å². The average Bonchev–Trinajstić information content (AvgIpc) is 3.08. The van der Waals surface area contributed by atoms with E-state index in [1.807, 2.05) is 24.5 Å². The summed E-state index contributed by atoms with van der Waals surface area (Å²) in [4.78, 5) is 9.87. The summed E-state index contributed by atoms with van der Waals surface area (Å²) in [7, 11) is 2.41. The highest BCUT2D eigenvalue weighted by Crippen LogP contribution is 2.65.